The summed E-state index contributed by atoms with van der Waals surface area (Å²) in [7, 11) is 0. The molecule has 1 aromatic carbocycles. The third kappa shape index (κ3) is 7.82. The van der Waals surface area contributed by atoms with E-state index in [1.807, 2.05) is 31.5 Å². The molecular weight excluding hydrogens is 378 g/mol. The van der Waals surface area contributed by atoms with Gasteiger partial charge in [-0.2, -0.15) is 0 Å². The number of carboxylic acids is 1. The minimum absolute atomic E-state index is 0.319. The Hall–Kier alpha value is -3.07. The fourth-order valence-electron chi connectivity index (χ4n) is 2.37. The summed E-state index contributed by atoms with van der Waals surface area (Å²) in [6, 6.07) is 6.99. The molecule has 0 unspecified atom stereocenters. The van der Waals surface area contributed by atoms with Gasteiger partial charge in [-0.15, -0.1) is 0 Å². The molecule has 0 spiro atoms. The Bertz CT molecular complexity index is 810. The molecule has 3 N–H and O–H groups in total. The van der Waals surface area contributed by atoms with E-state index in [0.717, 1.165) is 17.7 Å². The van der Waals surface area contributed by atoms with Gasteiger partial charge in [0.15, 0.2) is 6.10 Å². The number of carboxylic acid groups (broad SMARTS) is 1. The van der Waals surface area contributed by atoms with E-state index in [0.29, 0.717) is 18.8 Å². The number of carbonyl (C=O) groups excluding carboxylic acids is 1. The quantitative estimate of drug-likeness (QED) is 0.547. The van der Waals surface area contributed by atoms with Gasteiger partial charge in [0, 0.05) is 24.8 Å². The predicted molar refractivity (Wildman–Crippen MR) is 106 cm³/mol. The van der Waals surface area contributed by atoms with Crippen LogP contribution in [0, 0.1) is 0 Å². The van der Waals surface area contributed by atoms with Gasteiger partial charge in [-0.3, -0.25) is 0 Å². The van der Waals surface area contributed by atoms with Crippen LogP contribution in [0.2, 0.25) is 0 Å². The maximum atomic E-state index is 11.6. The molecule has 9 nitrogen and oxygen atoms in total. The lowest BCUT2D eigenvalue weighted by Crippen LogP contribution is -2.33. The van der Waals surface area contributed by atoms with Gasteiger partial charge < -0.3 is 29.6 Å². The number of nitrogens with one attached hydrogen (secondary N) is 1. The second-order valence-electron chi connectivity index (χ2n) is 7.47. The minimum atomic E-state index is -1.56. The summed E-state index contributed by atoms with van der Waals surface area (Å²) in [5.41, 5.74) is 1.14. The van der Waals surface area contributed by atoms with Crippen molar-refractivity contribution in [1.29, 1.82) is 0 Å². The lowest BCUT2D eigenvalue weighted by molar-refractivity contribution is -0.148. The first kappa shape index (κ1) is 22.2. The maximum absolute atomic E-state index is 11.6. The number of aliphatic hydroxyl groups is 1. The van der Waals surface area contributed by atoms with Crippen LogP contribution in [0.4, 0.5) is 4.79 Å². The van der Waals surface area contributed by atoms with Crippen LogP contribution in [0.15, 0.2) is 36.8 Å². The van der Waals surface area contributed by atoms with Crippen molar-refractivity contribution in [1.82, 2.24) is 14.9 Å². The topological polar surface area (TPSA) is 123 Å². The van der Waals surface area contributed by atoms with E-state index in [1.54, 1.807) is 30.6 Å². The molecule has 0 radical (unpaired) electrons. The fraction of sp³-hybridized carbons (Fsp3) is 0.450. The molecule has 29 heavy (non-hydrogen) atoms. The predicted octanol–water partition coefficient (Wildman–Crippen LogP) is 2.29. The minimum Gasteiger partial charge on any atom is -0.490 e. The van der Waals surface area contributed by atoms with Gasteiger partial charge in [-0.1, -0.05) is 0 Å². The number of aliphatic carboxylic acids is 1. The highest BCUT2D eigenvalue weighted by Gasteiger charge is 2.15. The molecule has 1 atom stereocenters. The summed E-state index contributed by atoms with van der Waals surface area (Å²) < 4.78 is 12.4. The van der Waals surface area contributed by atoms with E-state index in [1.165, 1.54) is 0 Å². The Morgan fingerprint density at radius 3 is 2.55 bits per heavy atom. The van der Waals surface area contributed by atoms with Crippen LogP contribution in [-0.2, 0) is 16.1 Å². The van der Waals surface area contributed by atoms with Crippen molar-refractivity contribution < 1.29 is 29.3 Å². The van der Waals surface area contributed by atoms with E-state index < -0.39 is 23.8 Å². The summed E-state index contributed by atoms with van der Waals surface area (Å²) in [5, 5.41) is 20.6. The highest BCUT2D eigenvalue weighted by atomic mass is 16.6. The van der Waals surface area contributed by atoms with Crippen LogP contribution in [0.3, 0.4) is 0 Å². The number of aliphatic hydroxyl groups excluding tert-OH is 1. The monoisotopic (exact) mass is 405 g/mol. The van der Waals surface area contributed by atoms with Crippen LogP contribution in [-0.4, -0.2) is 56.7 Å². The summed E-state index contributed by atoms with van der Waals surface area (Å²) >= 11 is 0. The zero-order valence-electron chi connectivity index (χ0n) is 16.8. The number of aromatic nitrogens is 2. The first-order valence-electron chi connectivity index (χ1n) is 9.27. The van der Waals surface area contributed by atoms with Gasteiger partial charge in [0.1, 0.15) is 18.0 Å². The SMILES string of the molecule is CC(C)(C)OC(=O)NCCCn1cnc(-c2ccc(OC[C@@H](O)C(=O)O)cc2)c1. The van der Waals surface area contributed by atoms with Crippen molar-refractivity contribution in [2.75, 3.05) is 13.2 Å². The zero-order chi connectivity index (χ0) is 21.4. The number of hydrogen-bond donors (Lipinski definition) is 3. The summed E-state index contributed by atoms with van der Waals surface area (Å²) in [6.07, 6.45) is 2.36. The molecule has 1 aromatic heterocycles. The zero-order valence-corrected chi connectivity index (χ0v) is 16.8. The Labute approximate surface area is 169 Å². The van der Waals surface area contributed by atoms with Crippen LogP contribution in [0.25, 0.3) is 11.3 Å². The Morgan fingerprint density at radius 1 is 1.24 bits per heavy atom. The van der Waals surface area contributed by atoms with Crippen molar-refractivity contribution in [3.63, 3.8) is 0 Å². The fourth-order valence-corrected chi connectivity index (χ4v) is 2.37. The van der Waals surface area contributed by atoms with Gasteiger partial charge in [-0.25, -0.2) is 14.6 Å². The van der Waals surface area contributed by atoms with E-state index in [-0.39, 0.29) is 6.61 Å². The number of amides is 1. The molecule has 2 aromatic rings. The van der Waals surface area contributed by atoms with Crippen LogP contribution in [0.1, 0.15) is 27.2 Å². The smallest absolute Gasteiger partial charge is 0.407 e. The lowest BCUT2D eigenvalue weighted by atomic mass is 10.1. The van der Waals surface area contributed by atoms with Crippen LogP contribution >= 0.6 is 0 Å². The molecule has 1 amide bonds. The van der Waals surface area contributed by atoms with Gasteiger partial charge in [-0.05, 0) is 51.5 Å². The molecule has 9 heteroatoms. The standard InChI is InChI=1S/C20H27N3O6/c1-20(2,3)29-19(27)21-9-4-10-23-11-16(22-13-23)14-5-7-15(8-6-14)28-12-17(24)18(25)26/h5-8,11,13,17,24H,4,9-10,12H2,1-3H3,(H,21,27)(H,25,26)/t17-/m1/s1. The van der Waals surface area contributed by atoms with Crippen molar-refractivity contribution >= 4 is 12.1 Å². The third-order valence-electron chi connectivity index (χ3n) is 3.74. The molecule has 0 aliphatic rings. The largest absolute Gasteiger partial charge is 0.490 e. The molecular formula is C20H27N3O6. The summed E-state index contributed by atoms with van der Waals surface area (Å²) in [4.78, 5) is 26.5. The van der Waals surface area contributed by atoms with E-state index in [4.69, 9.17) is 14.6 Å². The number of alkyl carbamates (subject to hydrolysis) is 1. The first-order chi connectivity index (χ1) is 13.6. The normalized spacial score (nSPS) is 12.3. The average Bonchev–Trinajstić information content (AvgIpc) is 3.11. The van der Waals surface area contributed by atoms with Crippen molar-refractivity contribution in [3.8, 4) is 17.0 Å². The Morgan fingerprint density at radius 2 is 1.93 bits per heavy atom. The molecule has 0 aliphatic carbocycles. The molecule has 158 valence electrons. The number of rotatable bonds is 9. The van der Waals surface area contributed by atoms with Crippen LogP contribution < -0.4 is 10.1 Å². The van der Waals surface area contributed by atoms with Gasteiger partial charge in [0.25, 0.3) is 0 Å². The average molecular weight is 405 g/mol. The second kappa shape index (κ2) is 9.92. The molecule has 1 heterocycles. The summed E-state index contributed by atoms with van der Waals surface area (Å²) in [5.74, 6) is -0.866. The molecule has 0 saturated heterocycles. The molecule has 0 fully saturated rings. The number of hydrogen-bond acceptors (Lipinski definition) is 6. The number of benzene rings is 1. The number of carbonyl (C=O) groups is 2. The van der Waals surface area contributed by atoms with Gasteiger partial charge >= 0.3 is 12.1 Å². The van der Waals surface area contributed by atoms with E-state index >= 15 is 0 Å². The number of imidazole rings is 1. The first-order valence-corrected chi connectivity index (χ1v) is 9.27. The van der Waals surface area contributed by atoms with E-state index in [2.05, 4.69) is 10.3 Å². The third-order valence-corrected chi connectivity index (χ3v) is 3.74. The lowest BCUT2D eigenvalue weighted by Gasteiger charge is -2.19. The van der Waals surface area contributed by atoms with E-state index in [9.17, 15) is 14.7 Å². The number of nitrogens with zero attached hydrogens (tertiary/aromatic N) is 2. The van der Waals surface area contributed by atoms with Crippen LogP contribution in [0.5, 0.6) is 5.75 Å². The Kier molecular flexibility index (Phi) is 7.60. The van der Waals surface area contributed by atoms with Crippen molar-refractivity contribution in [3.05, 3.63) is 36.8 Å². The highest BCUT2D eigenvalue weighted by Crippen LogP contribution is 2.21. The number of aryl methyl sites for hydroxylation is 1. The molecule has 0 aliphatic heterocycles. The van der Waals surface area contributed by atoms with Crippen molar-refractivity contribution in [2.45, 2.75) is 45.4 Å². The van der Waals surface area contributed by atoms with Gasteiger partial charge in [0.2, 0.25) is 0 Å². The highest BCUT2D eigenvalue weighted by molar-refractivity contribution is 5.72. The van der Waals surface area contributed by atoms with Crippen molar-refractivity contribution in [2.24, 2.45) is 0 Å². The second-order valence-corrected chi connectivity index (χ2v) is 7.47. The number of ether oxygens (including phenoxy) is 2. The van der Waals surface area contributed by atoms with Gasteiger partial charge in [0.05, 0.1) is 12.0 Å². The molecule has 0 saturated carbocycles. The molecule has 0 bridgehead atoms. The maximum Gasteiger partial charge on any atom is 0.407 e. The Balaban J connectivity index is 1.79. The molecule has 2 rings (SSSR count). The summed E-state index contributed by atoms with van der Waals surface area (Å²) in [6.45, 7) is 6.32.